The van der Waals surface area contributed by atoms with Crippen molar-refractivity contribution in [1.82, 2.24) is 83.7 Å². The van der Waals surface area contributed by atoms with Gasteiger partial charge >= 0.3 is 5.97 Å². The molecule has 1 aromatic carbocycles. The van der Waals surface area contributed by atoms with Crippen molar-refractivity contribution in [2.24, 2.45) is 27.9 Å². The summed E-state index contributed by atoms with van der Waals surface area (Å²) in [6, 6.07) is -11.1. The Morgan fingerprint density at radius 3 is 2.03 bits per heavy atom. The van der Waals surface area contributed by atoms with Gasteiger partial charge in [-0.2, -0.15) is 0 Å². The number of carboxylic acids is 1. The van der Waals surface area contributed by atoms with Crippen LogP contribution < -0.4 is 86.7 Å². The maximum absolute atomic E-state index is 14.5. The molecule has 0 radical (unpaired) electrons. The Hall–Kier alpha value is -10.6. The van der Waals surface area contributed by atoms with E-state index in [4.69, 9.17) is 22.9 Å². The number of aliphatic hydroxyl groups is 1. The number of aromatic amines is 2. The zero-order chi connectivity index (χ0) is 73.9. The summed E-state index contributed by atoms with van der Waals surface area (Å²) >= 11 is 0. The second-order valence-corrected chi connectivity index (χ2v) is 25.9. The third-order valence-corrected chi connectivity index (χ3v) is 17.9. The number of likely N-dealkylation sites (tertiary alicyclic amines) is 1. The molecule has 15 amide bonds. The fraction of sp³-hybridized carbons (Fsp3) is 0.525. The molecule has 0 saturated carbocycles. The standard InChI is InChI=1S/C59H85N21O18S2/c1-27(47(61)87)69-57(97)43-12-8-16-80(43)58(98)29(3)71-48(88)28(2)70-51(91)38(18-32-21-64-26-68-32)77-53(93)39(19-44(60)83)78-50(90)36(13-14-46(85)86)75-56(96)42-25-100-99-24-41(72-30(4)82)55(95)79-40(23-81)54(94)76-37(17-31-20-66-34-10-6-5-9-33(31)34)52(92)74-35(11-7-15-65-59(62)63)49(89)67-22-45(84)73-42/h5-6,9-10,20-21,26-29,35-43,66,81H,7-8,11-19,22-25H2,1-4H3,(H2,60,83)(H2,61,87)(H,64,68)(H,67,89)(H,69,97)(H,70,91)(H,71,88)(H,72,82)(H,73,84)(H,74,92)(H,75,96)(H,76,94)(H,77,93)(H,78,90)(H,79,95)(H,85,86)(H4,62,63,65)/t27-,28-,29-,35-,36-,37-,38-,39-,40-,41-,42-,43-/m0/s1. The van der Waals surface area contributed by atoms with Crippen LogP contribution in [-0.2, 0) is 89.6 Å². The van der Waals surface area contributed by atoms with Gasteiger partial charge in [-0.05, 0) is 64.5 Å². The van der Waals surface area contributed by atoms with Crippen molar-refractivity contribution < 1.29 is 86.9 Å². The molecule has 100 heavy (non-hydrogen) atoms. The van der Waals surface area contributed by atoms with Crippen molar-refractivity contribution in [2.45, 2.75) is 158 Å². The minimum atomic E-state index is -1.98. The lowest BCUT2D eigenvalue weighted by Crippen LogP contribution is -2.60. The van der Waals surface area contributed by atoms with Gasteiger partial charge in [-0.25, -0.2) is 4.98 Å². The van der Waals surface area contributed by atoms with E-state index in [2.05, 4.69) is 83.7 Å². The van der Waals surface area contributed by atoms with Crippen LogP contribution in [0.2, 0.25) is 0 Å². The van der Waals surface area contributed by atoms with Crippen LogP contribution in [0.25, 0.3) is 10.9 Å². The average Bonchev–Trinajstić information content (AvgIpc) is 1.65. The molecule has 2 aromatic heterocycles. The molecule has 0 bridgehead atoms. The van der Waals surface area contributed by atoms with E-state index < -0.39 is 205 Å². The summed E-state index contributed by atoms with van der Waals surface area (Å²) in [4.78, 5) is 231. The highest BCUT2D eigenvalue weighted by Gasteiger charge is 2.40. The van der Waals surface area contributed by atoms with Crippen molar-refractivity contribution >= 4 is 133 Å². The summed E-state index contributed by atoms with van der Waals surface area (Å²) < 4.78 is 0. The Bertz CT molecular complexity index is 3520. The minimum Gasteiger partial charge on any atom is -0.481 e. The van der Waals surface area contributed by atoms with Crippen LogP contribution in [0, 0.1) is 0 Å². The summed E-state index contributed by atoms with van der Waals surface area (Å²) in [5, 5.41) is 50.0. The van der Waals surface area contributed by atoms with E-state index in [-0.39, 0.29) is 62.6 Å². The summed E-state index contributed by atoms with van der Waals surface area (Å²) in [5.74, 6) is -17.2. The number of aliphatic hydroxyl groups excluding tert-OH is 1. The normalized spacial score (nSPS) is 20.6. The first-order valence-electron chi connectivity index (χ1n) is 31.5. The molecule has 0 spiro atoms. The van der Waals surface area contributed by atoms with Crippen LogP contribution in [0.15, 0.2) is 48.0 Å². The second kappa shape index (κ2) is 39.1. The monoisotopic (exact) mass is 1440 g/mol. The van der Waals surface area contributed by atoms with Crippen LogP contribution in [0.1, 0.15) is 83.9 Å². The Balaban J connectivity index is 1.38. The van der Waals surface area contributed by atoms with Crippen molar-refractivity contribution in [2.75, 3.05) is 37.7 Å². The van der Waals surface area contributed by atoms with Crippen LogP contribution >= 0.6 is 21.6 Å². The number of amides is 15. The number of H-pyrrole nitrogens is 2. The van der Waals surface area contributed by atoms with E-state index in [0.717, 1.165) is 28.5 Å². The van der Waals surface area contributed by atoms with E-state index in [9.17, 15) is 86.9 Å². The fourth-order valence-corrected chi connectivity index (χ4v) is 12.5. The number of carboxylic acid groups (broad SMARTS) is 1. The van der Waals surface area contributed by atoms with Gasteiger partial charge in [-0.1, -0.05) is 39.8 Å². The highest BCUT2D eigenvalue weighted by Crippen LogP contribution is 2.25. The highest BCUT2D eigenvalue weighted by atomic mass is 33.1. The van der Waals surface area contributed by atoms with E-state index in [1.54, 1.807) is 30.5 Å². The third-order valence-electron chi connectivity index (χ3n) is 15.5. The number of imidazole rings is 1. The Kier molecular flexibility index (Phi) is 31.3. The van der Waals surface area contributed by atoms with Gasteiger partial charge in [0.1, 0.15) is 72.5 Å². The number of hydrogen-bond donors (Lipinski definition) is 20. The van der Waals surface area contributed by atoms with E-state index in [0.29, 0.717) is 22.9 Å². The van der Waals surface area contributed by atoms with Gasteiger partial charge in [0.2, 0.25) is 88.6 Å². The number of nitrogens with zero attached hydrogens (tertiary/aromatic N) is 3. The van der Waals surface area contributed by atoms with Gasteiger partial charge in [-0.3, -0.25) is 81.7 Å². The van der Waals surface area contributed by atoms with Crippen molar-refractivity contribution in [3.63, 3.8) is 0 Å². The van der Waals surface area contributed by atoms with Gasteiger partial charge in [0, 0.05) is 79.8 Å². The average molecular weight is 1440 g/mol. The maximum atomic E-state index is 14.5. The molecule has 0 aliphatic carbocycles. The molecular formula is C59H85N21O18S2. The van der Waals surface area contributed by atoms with E-state index in [1.165, 1.54) is 38.2 Å². The number of primary amides is 2. The number of carbonyl (C=O) groups excluding carboxylic acids is 15. The van der Waals surface area contributed by atoms with Crippen molar-refractivity contribution in [3.8, 4) is 0 Å². The number of para-hydroxylation sites is 1. The number of hydrogen-bond acceptors (Lipinski definition) is 21. The quantitative estimate of drug-likeness (QED) is 0.0133. The number of fused-ring (bicyclic) bond motifs is 1. The summed E-state index contributed by atoms with van der Waals surface area (Å²) in [7, 11) is 1.66. The molecule has 0 unspecified atom stereocenters. The number of rotatable bonds is 29. The molecular weight excluding hydrogens is 1350 g/mol. The fourth-order valence-electron chi connectivity index (χ4n) is 10.2. The van der Waals surface area contributed by atoms with Crippen LogP contribution in [0.3, 0.4) is 0 Å². The molecule has 2 saturated heterocycles. The first kappa shape index (κ1) is 80.1. The lowest BCUT2D eigenvalue weighted by atomic mass is 10.0. The number of aliphatic imine (C=N–C) groups is 1. The molecule has 41 heteroatoms. The summed E-state index contributed by atoms with van der Waals surface area (Å²) in [6.07, 6.45) is 1.59. The molecule has 3 aromatic rings. The van der Waals surface area contributed by atoms with Crippen molar-refractivity contribution in [1.29, 1.82) is 0 Å². The van der Waals surface area contributed by atoms with Crippen LogP contribution in [0.5, 0.6) is 0 Å². The number of benzene rings is 1. The second-order valence-electron chi connectivity index (χ2n) is 23.4. The Morgan fingerprint density at radius 1 is 0.720 bits per heavy atom. The number of carbonyl (C=O) groups is 16. The molecule has 24 N–H and O–H groups in total. The largest absolute Gasteiger partial charge is 0.481 e. The van der Waals surface area contributed by atoms with E-state index in [1.807, 2.05) is 0 Å². The Labute approximate surface area is 579 Å². The first-order valence-corrected chi connectivity index (χ1v) is 33.9. The van der Waals surface area contributed by atoms with Gasteiger partial charge in [0.05, 0.1) is 25.9 Å². The SMILES string of the molecule is CC(=O)N[C@H]1CSSC[C@@H](C(=O)N[C@@H](CCC(=O)O)C(=O)N[C@@H](CC(N)=O)C(=O)N[C@@H](Cc2cnc[nH]2)C(=O)N[C@@H](C)C(=O)N[C@@H](C)C(=O)N2CCC[C@H]2C(=O)N[C@@H](C)C(N)=O)NC(=O)CNC(=O)[C@H](CCCN=C(N)N)NC(=O)[C@H](Cc2c[nH]c3ccccc23)NC(=O)[C@H](CO)NC1=O. The van der Waals surface area contributed by atoms with Gasteiger partial charge in [-0.15, -0.1) is 0 Å². The predicted molar refractivity (Wildman–Crippen MR) is 358 cm³/mol. The number of guanidine groups is 1. The zero-order valence-electron chi connectivity index (χ0n) is 55.0. The maximum Gasteiger partial charge on any atom is 0.303 e. The van der Waals surface area contributed by atoms with Gasteiger partial charge in [0.25, 0.3) is 0 Å². The predicted octanol–water partition coefficient (Wildman–Crippen LogP) is -8.14. The molecule has 39 nitrogen and oxygen atoms in total. The van der Waals surface area contributed by atoms with Gasteiger partial charge in [0.15, 0.2) is 5.96 Å². The number of nitrogens with one attached hydrogen (secondary N) is 14. The smallest absolute Gasteiger partial charge is 0.303 e. The summed E-state index contributed by atoms with van der Waals surface area (Å²) in [6.45, 7) is 3.25. The zero-order valence-corrected chi connectivity index (χ0v) is 56.6. The number of aromatic nitrogens is 3. The first-order chi connectivity index (χ1) is 47.3. The van der Waals surface area contributed by atoms with Crippen LogP contribution in [-0.4, -0.2) is 241 Å². The topological polar surface area (TPSA) is 622 Å². The highest BCUT2D eigenvalue weighted by molar-refractivity contribution is 8.76. The van der Waals surface area contributed by atoms with Crippen LogP contribution in [0.4, 0.5) is 0 Å². The summed E-state index contributed by atoms with van der Waals surface area (Å²) in [5.41, 5.74) is 23.3. The molecule has 546 valence electrons. The number of nitrogens with two attached hydrogens (primary N) is 4. The molecule has 2 aliphatic heterocycles. The van der Waals surface area contributed by atoms with E-state index >= 15 is 0 Å². The molecule has 2 fully saturated rings. The molecule has 2 aliphatic rings. The Morgan fingerprint density at radius 2 is 1.37 bits per heavy atom. The molecule has 5 rings (SSSR count). The third kappa shape index (κ3) is 25.4. The molecule has 12 atom stereocenters. The van der Waals surface area contributed by atoms with Crippen molar-refractivity contribution in [3.05, 3.63) is 54.2 Å². The van der Waals surface area contributed by atoms with Gasteiger partial charge < -0.3 is 112 Å². The number of aliphatic carboxylic acids is 1. The minimum absolute atomic E-state index is 0.0380. The lowest BCUT2D eigenvalue weighted by molar-refractivity contribution is -0.142. The lowest BCUT2D eigenvalue weighted by Gasteiger charge is -2.28. The molecule has 4 heterocycles.